The van der Waals surface area contributed by atoms with E-state index in [1.165, 1.54) is 4.90 Å². The van der Waals surface area contributed by atoms with Gasteiger partial charge >= 0.3 is 0 Å². The molecule has 1 aliphatic carbocycles. The lowest BCUT2D eigenvalue weighted by Crippen LogP contribution is -2.16. The van der Waals surface area contributed by atoms with Gasteiger partial charge < -0.3 is 4.90 Å². The maximum absolute atomic E-state index is 9.57. The average Bonchev–Trinajstić information content (AvgIpc) is 3.47. The molecule has 9 rings (SSSR count). The van der Waals surface area contributed by atoms with E-state index in [-0.39, 0.29) is 70.8 Å². The number of benzene rings is 8. The predicted octanol–water partition coefficient (Wildman–Crippen LogP) is 13.6. The smallest absolute Gasteiger partial charge is 0.0645 e. The van der Waals surface area contributed by atoms with Crippen LogP contribution >= 0.6 is 0 Å². The molecule has 0 aliphatic heterocycles. The Balaban J connectivity index is 1.27. The van der Waals surface area contributed by atoms with Crippen molar-refractivity contribution in [1.82, 2.24) is 0 Å². The molecule has 1 heteroatoms. The van der Waals surface area contributed by atoms with Crippen molar-refractivity contribution >= 4 is 27.8 Å². The van der Waals surface area contributed by atoms with E-state index < -0.39 is 5.41 Å². The molecule has 0 bridgehead atoms. The van der Waals surface area contributed by atoms with E-state index in [1.807, 2.05) is 84.9 Å². The first kappa shape index (κ1) is 22.5. The quantitative estimate of drug-likeness (QED) is 0.174. The lowest BCUT2D eigenvalue weighted by molar-refractivity contribution is 0.660. The van der Waals surface area contributed by atoms with Crippen LogP contribution < -0.4 is 4.90 Å². The number of hydrogen-bond acceptors (Lipinski definition) is 1. The number of hydrogen-bond donors (Lipinski definition) is 0. The molecule has 1 nitrogen and oxygen atoms in total. The lowest BCUT2D eigenvalue weighted by Gasteiger charge is -2.28. The molecular formula is C49H37N. The predicted molar refractivity (Wildman–Crippen MR) is 213 cm³/mol. The van der Waals surface area contributed by atoms with Crippen LogP contribution in [0.5, 0.6) is 0 Å². The van der Waals surface area contributed by atoms with E-state index in [0.29, 0.717) is 16.8 Å². The molecule has 0 amide bonds. The monoisotopic (exact) mass is 647 g/mol. The molecule has 0 saturated heterocycles. The maximum atomic E-state index is 9.57. The summed E-state index contributed by atoms with van der Waals surface area (Å²) in [6.07, 6.45) is 0. The third kappa shape index (κ3) is 5.19. The standard InChI is InChI=1S/C49H37N/c1-49(2)47-18-9-8-17-45(47)46-30-29-44(33-48(46)49)50(42-25-21-36(22-26-42)34-11-4-3-5-12-34)43-27-23-37(24-28-43)39-15-10-16-40(31-39)41-20-19-35-13-6-7-14-38(35)32-41/h3-33H,1-2H3/i21D,22D,23D,24D,25D,26D,27D,28D. The SMILES string of the molecule is [2H]c1c([2H])c(N(c2ccc3c(c2)C(C)(C)c2ccccc2-3)c2c([2H])c([2H])c(-c3cccc(-c4ccc5ccccc5c4)c3)c([2H])c2[2H])c([2H])c([2H])c1-c1ccccc1. The van der Waals surface area contributed by atoms with Crippen LogP contribution in [0.15, 0.2) is 188 Å². The highest BCUT2D eigenvalue weighted by molar-refractivity contribution is 5.89. The highest BCUT2D eigenvalue weighted by Gasteiger charge is 2.35. The molecule has 0 unspecified atom stereocenters. The molecule has 0 N–H and O–H groups in total. The Morgan fingerprint density at radius 3 is 1.68 bits per heavy atom. The van der Waals surface area contributed by atoms with Gasteiger partial charge in [0.05, 0.1) is 11.0 Å². The van der Waals surface area contributed by atoms with Crippen LogP contribution in [0.3, 0.4) is 0 Å². The first-order valence-corrected chi connectivity index (χ1v) is 16.8. The molecule has 238 valence electrons. The summed E-state index contributed by atoms with van der Waals surface area (Å²) < 4.78 is 75.2. The summed E-state index contributed by atoms with van der Waals surface area (Å²) in [7, 11) is 0. The van der Waals surface area contributed by atoms with E-state index in [0.717, 1.165) is 44.2 Å². The molecular weight excluding hydrogens is 603 g/mol. The number of fused-ring (bicyclic) bond motifs is 4. The lowest BCUT2D eigenvalue weighted by atomic mass is 9.82. The van der Waals surface area contributed by atoms with Crippen molar-refractivity contribution in [2.24, 2.45) is 0 Å². The van der Waals surface area contributed by atoms with Crippen molar-refractivity contribution in [3.8, 4) is 44.5 Å². The van der Waals surface area contributed by atoms with Gasteiger partial charge in [-0.05, 0) is 115 Å². The Morgan fingerprint density at radius 2 is 0.940 bits per heavy atom. The number of nitrogens with zero attached hydrogens (tertiary/aromatic N) is 1. The van der Waals surface area contributed by atoms with Crippen molar-refractivity contribution in [3.63, 3.8) is 0 Å². The van der Waals surface area contributed by atoms with Gasteiger partial charge in [0.25, 0.3) is 0 Å². The highest BCUT2D eigenvalue weighted by atomic mass is 15.1. The van der Waals surface area contributed by atoms with Gasteiger partial charge in [0, 0.05) is 22.5 Å². The van der Waals surface area contributed by atoms with E-state index in [2.05, 4.69) is 32.0 Å². The van der Waals surface area contributed by atoms with E-state index in [1.54, 1.807) is 36.4 Å². The molecule has 0 fully saturated rings. The van der Waals surface area contributed by atoms with Gasteiger partial charge in [-0.25, -0.2) is 0 Å². The van der Waals surface area contributed by atoms with Crippen LogP contribution in [0.4, 0.5) is 17.1 Å². The Morgan fingerprint density at radius 1 is 0.380 bits per heavy atom. The van der Waals surface area contributed by atoms with Crippen molar-refractivity contribution in [2.45, 2.75) is 19.3 Å². The second-order valence-electron chi connectivity index (χ2n) is 13.2. The van der Waals surface area contributed by atoms with Gasteiger partial charge in [-0.1, -0.05) is 153 Å². The van der Waals surface area contributed by atoms with Gasteiger partial charge in [0.15, 0.2) is 0 Å². The van der Waals surface area contributed by atoms with E-state index in [4.69, 9.17) is 0 Å². The van der Waals surface area contributed by atoms with Crippen LogP contribution in [0, 0.1) is 0 Å². The summed E-state index contributed by atoms with van der Waals surface area (Å²) in [6.45, 7) is 4.24. The second-order valence-corrected chi connectivity index (χ2v) is 13.2. The molecule has 8 aromatic carbocycles. The highest BCUT2D eigenvalue weighted by Crippen LogP contribution is 2.50. The Labute approximate surface area is 306 Å². The molecule has 0 aromatic heterocycles. The van der Waals surface area contributed by atoms with Gasteiger partial charge in [-0.3, -0.25) is 0 Å². The molecule has 0 radical (unpaired) electrons. The van der Waals surface area contributed by atoms with Crippen LogP contribution in [-0.2, 0) is 5.41 Å². The fraction of sp³-hybridized carbons (Fsp3) is 0.0612. The van der Waals surface area contributed by atoms with Gasteiger partial charge in [-0.15, -0.1) is 0 Å². The topological polar surface area (TPSA) is 3.24 Å². The minimum absolute atomic E-state index is 0.117. The zero-order chi connectivity index (χ0) is 40.6. The first-order valence-electron chi connectivity index (χ1n) is 20.8. The molecule has 0 heterocycles. The zero-order valence-corrected chi connectivity index (χ0v) is 27.7. The molecule has 0 saturated carbocycles. The summed E-state index contributed by atoms with van der Waals surface area (Å²) in [6, 6.07) is 41.7. The van der Waals surface area contributed by atoms with E-state index >= 15 is 0 Å². The summed E-state index contributed by atoms with van der Waals surface area (Å²) in [5.41, 5.74) is 6.84. The summed E-state index contributed by atoms with van der Waals surface area (Å²) in [4.78, 5) is 1.39. The van der Waals surface area contributed by atoms with Gasteiger partial charge in [-0.2, -0.15) is 0 Å². The van der Waals surface area contributed by atoms with Crippen LogP contribution in [0.2, 0.25) is 0 Å². The van der Waals surface area contributed by atoms with Gasteiger partial charge in [0.2, 0.25) is 0 Å². The van der Waals surface area contributed by atoms with Crippen LogP contribution in [0.25, 0.3) is 55.3 Å². The van der Waals surface area contributed by atoms with E-state index in [9.17, 15) is 11.0 Å². The van der Waals surface area contributed by atoms with Crippen LogP contribution in [0.1, 0.15) is 35.9 Å². The number of rotatable bonds is 6. The fourth-order valence-corrected chi connectivity index (χ4v) is 7.15. The van der Waals surface area contributed by atoms with Gasteiger partial charge in [0.1, 0.15) is 0 Å². The number of anilines is 3. The molecule has 0 spiro atoms. The second kappa shape index (κ2) is 12.1. The molecule has 50 heavy (non-hydrogen) atoms. The first-order chi connectivity index (χ1) is 27.9. The van der Waals surface area contributed by atoms with Crippen molar-refractivity contribution in [2.75, 3.05) is 4.90 Å². The minimum Gasteiger partial charge on any atom is -0.310 e. The molecule has 8 aromatic rings. The normalized spacial score (nSPS) is 15.0. The fourth-order valence-electron chi connectivity index (χ4n) is 7.15. The average molecular weight is 648 g/mol. The largest absolute Gasteiger partial charge is 0.310 e. The zero-order valence-electron chi connectivity index (χ0n) is 35.7. The third-order valence-corrected chi connectivity index (χ3v) is 9.79. The molecule has 1 aliphatic rings. The summed E-state index contributed by atoms with van der Waals surface area (Å²) in [5, 5.41) is 2.18. The van der Waals surface area contributed by atoms with Crippen LogP contribution in [-0.4, -0.2) is 0 Å². The molecule has 0 atom stereocenters. The minimum atomic E-state index is -0.450. The summed E-state index contributed by atoms with van der Waals surface area (Å²) in [5.74, 6) is 0. The van der Waals surface area contributed by atoms with Crippen molar-refractivity contribution in [3.05, 3.63) is 199 Å². The Bertz CT molecular complexity index is 2920. The summed E-state index contributed by atoms with van der Waals surface area (Å²) >= 11 is 0. The van der Waals surface area contributed by atoms with Crippen molar-refractivity contribution in [1.29, 1.82) is 0 Å². The Hall–Kier alpha value is -6.18. The van der Waals surface area contributed by atoms with Crippen molar-refractivity contribution < 1.29 is 11.0 Å². The third-order valence-electron chi connectivity index (χ3n) is 9.79. The Kier molecular flexibility index (Phi) is 5.41. The maximum Gasteiger partial charge on any atom is 0.0645 e.